The van der Waals surface area contributed by atoms with Crippen LogP contribution in [-0.2, 0) is 28.9 Å². The van der Waals surface area contributed by atoms with Crippen molar-refractivity contribution in [3.63, 3.8) is 0 Å². The standard InChI is InChI=1S/C50H99NO12S.Na/c1-3-5-7-9-11-13-15-17-18-19-20-21-22-23-24-25-26-27-29-31-33-35-37-39-45(54)51-42(41-61-50-48(57)49(63-64(58,59)60)47(56)44(40-52)62-50)46(55)43(53)38-36-34-32-30-28-16-14-12-10-8-6-4-2;/h42-44,46-50,52-53,55-57H,3-41H2,1-2H3,(H,51,54)(H,58,59,60);/q;+1/p-1/t42-,43+,44?,46-,47?,48?,49?,50?;/m0./s1. The number of aliphatic hydroxyl groups is 5. The summed E-state index contributed by atoms with van der Waals surface area (Å²) in [6.07, 6.45) is 32.2. The molecule has 1 rings (SSSR count). The second-order valence-corrected chi connectivity index (χ2v) is 20.0. The Labute approximate surface area is 419 Å². The minimum absolute atomic E-state index is 0. The number of hydrogen-bond acceptors (Lipinski definition) is 12. The average molecular weight is 960 g/mol. The molecule has 8 atom stereocenters. The Hall–Kier alpha value is 0.0600. The zero-order chi connectivity index (χ0) is 47.1. The molecule has 0 bridgehead atoms. The van der Waals surface area contributed by atoms with Crippen molar-refractivity contribution in [2.75, 3.05) is 13.2 Å². The molecule has 1 saturated heterocycles. The first kappa shape index (κ1) is 65.1. The summed E-state index contributed by atoms with van der Waals surface area (Å²) in [5, 5.41) is 55.7. The van der Waals surface area contributed by atoms with E-state index in [0.29, 0.717) is 19.3 Å². The predicted octanol–water partition coefficient (Wildman–Crippen LogP) is 6.97. The maximum atomic E-state index is 13.1. The Kier molecular flexibility index (Phi) is 44.1. The zero-order valence-electron chi connectivity index (χ0n) is 41.7. The van der Waals surface area contributed by atoms with Gasteiger partial charge in [-0.15, -0.1) is 0 Å². The van der Waals surface area contributed by atoms with Gasteiger partial charge in [0.2, 0.25) is 16.3 Å². The third kappa shape index (κ3) is 35.8. The van der Waals surface area contributed by atoms with Gasteiger partial charge in [-0.2, -0.15) is 0 Å². The van der Waals surface area contributed by atoms with Crippen LogP contribution in [0.3, 0.4) is 0 Å². The van der Waals surface area contributed by atoms with Gasteiger partial charge < -0.3 is 44.9 Å². The first-order chi connectivity index (χ1) is 30.9. The number of ether oxygens (including phenoxy) is 2. The number of carbonyl (C=O) groups is 1. The molecule has 382 valence electrons. The van der Waals surface area contributed by atoms with Crippen LogP contribution in [0.15, 0.2) is 0 Å². The summed E-state index contributed by atoms with van der Waals surface area (Å²) in [6, 6.07) is -1.14. The molecule has 1 fully saturated rings. The Morgan fingerprint density at radius 1 is 0.600 bits per heavy atom. The molecular formula is C50H98NNaO12S. The van der Waals surface area contributed by atoms with Gasteiger partial charge in [-0.25, -0.2) is 8.42 Å². The van der Waals surface area contributed by atoms with Gasteiger partial charge in [0, 0.05) is 6.42 Å². The molecular weight excluding hydrogens is 862 g/mol. The van der Waals surface area contributed by atoms with Crippen LogP contribution >= 0.6 is 0 Å². The van der Waals surface area contributed by atoms with Crippen LogP contribution in [0.5, 0.6) is 0 Å². The second-order valence-electron chi connectivity index (χ2n) is 18.9. The van der Waals surface area contributed by atoms with Crippen LogP contribution in [0, 0.1) is 0 Å². The molecule has 1 aliphatic rings. The molecule has 15 heteroatoms. The van der Waals surface area contributed by atoms with E-state index in [1.54, 1.807) is 0 Å². The predicted molar refractivity (Wildman–Crippen MR) is 254 cm³/mol. The Balaban J connectivity index is 0.0000410. The SMILES string of the molecule is CCCCCCCCCCCCCCCCCCCCCCCCCC(=O)N[C@@H](COC1OC(CO)C(O)C(OS(=O)(=O)[O-])C1O)[C@H](O)[C@H](O)CCCCCCCCCCCCCC.[Na+]. The van der Waals surface area contributed by atoms with E-state index in [1.807, 2.05) is 0 Å². The van der Waals surface area contributed by atoms with Crippen LogP contribution in [0.4, 0.5) is 0 Å². The van der Waals surface area contributed by atoms with Gasteiger partial charge in [0.15, 0.2) is 6.29 Å². The normalized spacial score (nSPS) is 20.3. The largest absolute Gasteiger partial charge is 1.00 e. The van der Waals surface area contributed by atoms with Crippen molar-refractivity contribution in [2.24, 2.45) is 0 Å². The van der Waals surface area contributed by atoms with Gasteiger partial charge in [-0.1, -0.05) is 232 Å². The average Bonchev–Trinajstić information content (AvgIpc) is 3.27. The van der Waals surface area contributed by atoms with E-state index in [-0.39, 0.29) is 41.9 Å². The van der Waals surface area contributed by atoms with E-state index < -0.39 is 72.6 Å². The first-order valence-corrected chi connectivity index (χ1v) is 27.8. The number of aliphatic hydroxyl groups excluding tert-OH is 5. The fraction of sp³-hybridized carbons (Fsp3) is 0.980. The van der Waals surface area contributed by atoms with E-state index >= 15 is 0 Å². The molecule has 0 aromatic carbocycles. The van der Waals surface area contributed by atoms with Crippen molar-refractivity contribution >= 4 is 16.3 Å². The maximum absolute atomic E-state index is 13.1. The van der Waals surface area contributed by atoms with Crippen molar-refractivity contribution in [1.82, 2.24) is 5.32 Å². The molecule has 1 aliphatic heterocycles. The Morgan fingerprint density at radius 2 is 0.954 bits per heavy atom. The smallest absolute Gasteiger partial charge is 0.726 e. The molecule has 13 nitrogen and oxygen atoms in total. The van der Waals surface area contributed by atoms with Crippen LogP contribution in [-0.4, -0.2) is 107 Å². The molecule has 0 aromatic rings. The maximum Gasteiger partial charge on any atom is 1.00 e. The van der Waals surface area contributed by atoms with E-state index in [9.17, 15) is 43.3 Å². The number of nitrogens with one attached hydrogen (secondary N) is 1. The number of rotatable bonds is 46. The van der Waals surface area contributed by atoms with Gasteiger partial charge in [0.1, 0.15) is 30.5 Å². The van der Waals surface area contributed by atoms with Gasteiger partial charge >= 0.3 is 29.6 Å². The third-order valence-corrected chi connectivity index (χ3v) is 13.5. The van der Waals surface area contributed by atoms with Crippen molar-refractivity contribution in [3.8, 4) is 0 Å². The number of unbranched alkanes of at least 4 members (excludes halogenated alkanes) is 33. The molecule has 5 unspecified atom stereocenters. The molecule has 6 N–H and O–H groups in total. The summed E-state index contributed by atoms with van der Waals surface area (Å²) >= 11 is 0. The number of amides is 1. The van der Waals surface area contributed by atoms with E-state index in [4.69, 9.17) is 9.47 Å². The monoisotopic (exact) mass is 960 g/mol. The van der Waals surface area contributed by atoms with Crippen molar-refractivity contribution in [3.05, 3.63) is 0 Å². The summed E-state index contributed by atoms with van der Waals surface area (Å²) in [5.41, 5.74) is 0. The first-order valence-electron chi connectivity index (χ1n) is 26.5. The van der Waals surface area contributed by atoms with Crippen molar-refractivity contribution in [1.29, 1.82) is 0 Å². The molecule has 0 aromatic heterocycles. The van der Waals surface area contributed by atoms with Crippen molar-refractivity contribution < 1.29 is 86.5 Å². The minimum atomic E-state index is -5.36. The molecule has 0 radical (unpaired) electrons. The van der Waals surface area contributed by atoms with Crippen LogP contribution < -0.4 is 34.9 Å². The van der Waals surface area contributed by atoms with Crippen LogP contribution in [0.1, 0.15) is 251 Å². The van der Waals surface area contributed by atoms with Gasteiger partial charge in [-0.05, 0) is 12.8 Å². The van der Waals surface area contributed by atoms with Gasteiger partial charge in [0.25, 0.3) is 0 Å². The fourth-order valence-corrected chi connectivity index (χ4v) is 9.35. The molecule has 0 aliphatic carbocycles. The van der Waals surface area contributed by atoms with E-state index in [2.05, 4.69) is 23.3 Å². The Morgan fingerprint density at radius 3 is 1.31 bits per heavy atom. The minimum Gasteiger partial charge on any atom is -0.726 e. The summed E-state index contributed by atoms with van der Waals surface area (Å²) in [7, 11) is -5.36. The van der Waals surface area contributed by atoms with Crippen LogP contribution in [0.25, 0.3) is 0 Å². The number of carbonyl (C=O) groups excluding carboxylic acids is 1. The molecule has 0 spiro atoms. The van der Waals surface area contributed by atoms with Gasteiger partial charge in [0.05, 0.1) is 25.4 Å². The second kappa shape index (κ2) is 44.0. The molecule has 65 heavy (non-hydrogen) atoms. The molecule has 1 heterocycles. The Bertz CT molecular complexity index is 1170. The van der Waals surface area contributed by atoms with E-state index in [0.717, 1.165) is 38.5 Å². The summed E-state index contributed by atoms with van der Waals surface area (Å²) in [4.78, 5) is 13.1. The van der Waals surface area contributed by atoms with Crippen LogP contribution in [0.2, 0.25) is 0 Å². The number of hydrogen-bond donors (Lipinski definition) is 6. The molecule has 0 saturated carbocycles. The third-order valence-electron chi connectivity index (χ3n) is 13.0. The zero-order valence-corrected chi connectivity index (χ0v) is 44.5. The summed E-state index contributed by atoms with van der Waals surface area (Å²) in [6.45, 7) is 3.21. The van der Waals surface area contributed by atoms with Gasteiger partial charge in [-0.3, -0.25) is 8.98 Å². The quantitative estimate of drug-likeness (QED) is 0.0158. The summed E-state index contributed by atoms with van der Waals surface area (Å²) < 4.78 is 49.4. The summed E-state index contributed by atoms with van der Waals surface area (Å²) in [5.74, 6) is -0.346. The van der Waals surface area contributed by atoms with E-state index in [1.165, 1.54) is 173 Å². The topological polar surface area (TPSA) is 215 Å². The molecule has 1 amide bonds. The van der Waals surface area contributed by atoms with Crippen molar-refractivity contribution in [2.45, 2.75) is 300 Å². The fourth-order valence-electron chi connectivity index (χ4n) is 8.85.